The first-order valence-corrected chi connectivity index (χ1v) is 6.83. The number of amides is 1. The molecule has 0 fully saturated rings. The van der Waals surface area contributed by atoms with Gasteiger partial charge in [-0.1, -0.05) is 13.8 Å². The molecule has 1 heterocycles. The lowest BCUT2D eigenvalue weighted by Crippen LogP contribution is -2.29. The number of anilines is 1. The molecule has 0 saturated heterocycles. The average Bonchev–Trinajstić information content (AvgIpc) is 2.34. The van der Waals surface area contributed by atoms with Crippen LogP contribution in [0.1, 0.15) is 30.6 Å². The Balaban J connectivity index is 2.85. The first kappa shape index (κ1) is 15.0. The Bertz CT molecular complexity index is 421. The summed E-state index contributed by atoms with van der Waals surface area (Å²) in [7, 11) is 3.59. The highest BCUT2D eigenvalue weighted by atomic mass is 79.9. The van der Waals surface area contributed by atoms with E-state index in [4.69, 9.17) is 0 Å². The van der Waals surface area contributed by atoms with Gasteiger partial charge in [-0.05, 0) is 34.3 Å². The third kappa shape index (κ3) is 3.98. The molecule has 18 heavy (non-hydrogen) atoms. The normalized spacial score (nSPS) is 10.6. The van der Waals surface area contributed by atoms with Crippen LogP contribution in [0, 0.1) is 5.92 Å². The molecule has 100 valence electrons. The summed E-state index contributed by atoms with van der Waals surface area (Å²) in [5.74, 6) is 1.19. The van der Waals surface area contributed by atoms with Crippen molar-refractivity contribution in [3.05, 3.63) is 22.3 Å². The second kappa shape index (κ2) is 6.73. The number of rotatable bonds is 5. The van der Waals surface area contributed by atoms with Gasteiger partial charge in [0.15, 0.2) is 0 Å². The molecule has 0 aliphatic rings. The molecule has 1 aromatic rings. The lowest BCUT2D eigenvalue weighted by molar-refractivity contribution is 0.0789. The third-order valence-corrected chi connectivity index (χ3v) is 3.14. The Morgan fingerprint density at radius 1 is 1.56 bits per heavy atom. The summed E-state index contributed by atoms with van der Waals surface area (Å²) in [6, 6.07) is 1.80. The zero-order valence-corrected chi connectivity index (χ0v) is 12.9. The molecule has 0 bridgehead atoms. The number of nitrogens with zero attached hydrogens (tertiary/aromatic N) is 2. The Morgan fingerprint density at radius 2 is 2.22 bits per heavy atom. The number of hydrogen-bond donors (Lipinski definition) is 1. The smallest absolute Gasteiger partial charge is 0.257 e. The standard InChI is InChI=1S/C13H20BrN3O/c1-9(2)5-6-17(4)13(18)11-7-10(14)8-16-12(11)15-3/h7-9H,5-6H2,1-4H3,(H,15,16). The van der Waals surface area contributed by atoms with Crippen LogP contribution in [0.15, 0.2) is 16.7 Å². The second-order valence-corrected chi connectivity index (χ2v) is 5.62. The first-order valence-electron chi connectivity index (χ1n) is 6.04. The van der Waals surface area contributed by atoms with Crippen LogP contribution in [0.3, 0.4) is 0 Å². The van der Waals surface area contributed by atoms with Gasteiger partial charge >= 0.3 is 0 Å². The van der Waals surface area contributed by atoms with Crippen LogP contribution in [-0.2, 0) is 0 Å². The Morgan fingerprint density at radius 3 is 2.78 bits per heavy atom. The topological polar surface area (TPSA) is 45.2 Å². The summed E-state index contributed by atoms with van der Waals surface area (Å²) in [4.78, 5) is 18.2. The van der Waals surface area contributed by atoms with Gasteiger partial charge in [-0.15, -0.1) is 0 Å². The van der Waals surface area contributed by atoms with Crippen LogP contribution in [0.25, 0.3) is 0 Å². The van der Waals surface area contributed by atoms with E-state index in [9.17, 15) is 4.79 Å². The van der Waals surface area contributed by atoms with Crippen molar-refractivity contribution in [1.29, 1.82) is 0 Å². The van der Waals surface area contributed by atoms with Crippen molar-refractivity contribution in [3.63, 3.8) is 0 Å². The van der Waals surface area contributed by atoms with Crippen LogP contribution in [0.4, 0.5) is 5.82 Å². The fraction of sp³-hybridized carbons (Fsp3) is 0.538. The van der Waals surface area contributed by atoms with Crippen LogP contribution < -0.4 is 5.32 Å². The van der Waals surface area contributed by atoms with Crippen LogP contribution >= 0.6 is 15.9 Å². The van der Waals surface area contributed by atoms with Gasteiger partial charge in [-0.25, -0.2) is 4.98 Å². The van der Waals surface area contributed by atoms with E-state index in [1.807, 2.05) is 7.05 Å². The maximum Gasteiger partial charge on any atom is 0.257 e. The number of nitrogens with one attached hydrogen (secondary N) is 1. The molecular formula is C13H20BrN3O. The van der Waals surface area contributed by atoms with Gasteiger partial charge in [-0.3, -0.25) is 4.79 Å². The highest BCUT2D eigenvalue weighted by molar-refractivity contribution is 9.10. The van der Waals surface area contributed by atoms with E-state index < -0.39 is 0 Å². The first-order chi connectivity index (χ1) is 8.45. The number of halogens is 1. The predicted octanol–water partition coefficient (Wildman–Crippen LogP) is 3.00. The Kier molecular flexibility index (Phi) is 5.59. The molecule has 1 amide bonds. The largest absolute Gasteiger partial charge is 0.372 e. The monoisotopic (exact) mass is 313 g/mol. The van der Waals surface area contributed by atoms with Crippen LogP contribution in [-0.4, -0.2) is 36.4 Å². The number of hydrogen-bond acceptors (Lipinski definition) is 3. The van der Waals surface area contributed by atoms with Crippen molar-refractivity contribution in [2.75, 3.05) is 26.0 Å². The van der Waals surface area contributed by atoms with Gasteiger partial charge in [-0.2, -0.15) is 0 Å². The Hall–Kier alpha value is -1.10. The second-order valence-electron chi connectivity index (χ2n) is 4.71. The summed E-state index contributed by atoms with van der Waals surface area (Å²) < 4.78 is 0.808. The lowest BCUT2D eigenvalue weighted by atomic mass is 10.1. The van der Waals surface area contributed by atoms with E-state index in [2.05, 4.69) is 40.1 Å². The van der Waals surface area contributed by atoms with E-state index in [0.29, 0.717) is 17.3 Å². The lowest BCUT2D eigenvalue weighted by Gasteiger charge is -2.19. The zero-order chi connectivity index (χ0) is 13.7. The molecule has 0 atom stereocenters. The summed E-state index contributed by atoms with van der Waals surface area (Å²) in [6.07, 6.45) is 2.68. The molecule has 0 radical (unpaired) electrons. The van der Waals surface area contributed by atoms with Crippen LogP contribution in [0.2, 0.25) is 0 Å². The molecule has 4 nitrogen and oxygen atoms in total. The highest BCUT2D eigenvalue weighted by Gasteiger charge is 2.17. The average molecular weight is 314 g/mol. The van der Waals surface area contributed by atoms with Crippen LogP contribution in [0.5, 0.6) is 0 Å². The maximum atomic E-state index is 12.3. The molecule has 1 aromatic heterocycles. The van der Waals surface area contributed by atoms with Crippen molar-refractivity contribution >= 4 is 27.7 Å². The molecule has 1 N–H and O–H groups in total. The summed E-state index contributed by atoms with van der Waals surface area (Å²) >= 11 is 3.34. The maximum absolute atomic E-state index is 12.3. The van der Waals surface area contributed by atoms with Crippen molar-refractivity contribution in [2.24, 2.45) is 5.92 Å². The third-order valence-electron chi connectivity index (χ3n) is 2.71. The van der Waals surface area contributed by atoms with Crippen molar-refractivity contribution in [1.82, 2.24) is 9.88 Å². The van der Waals surface area contributed by atoms with Crippen molar-refractivity contribution < 1.29 is 4.79 Å². The van der Waals surface area contributed by atoms with E-state index >= 15 is 0 Å². The van der Waals surface area contributed by atoms with E-state index in [1.165, 1.54) is 0 Å². The predicted molar refractivity (Wildman–Crippen MR) is 77.9 cm³/mol. The fourth-order valence-electron chi connectivity index (χ4n) is 1.56. The molecule has 0 aliphatic carbocycles. The molecule has 0 aliphatic heterocycles. The minimum absolute atomic E-state index is 0.00574. The minimum atomic E-state index is -0.00574. The summed E-state index contributed by atoms with van der Waals surface area (Å²) in [5.41, 5.74) is 0.595. The fourth-order valence-corrected chi connectivity index (χ4v) is 1.89. The van der Waals surface area contributed by atoms with Gasteiger partial charge in [0.2, 0.25) is 0 Å². The van der Waals surface area contributed by atoms with Gasteiger partial charge in [0.1, 0.15) is 5.82 Å². The van der Waals surface area contributed by atoms with Gasteiger partial charge in [0.05, 0.1) is 5.56 Å². The quantitative estimate of drug-likeness (QED) is 0.909. The molecule has 5 heteroatoms. The molecule has 1 rings (SSSR count). The molecule has 0 aromatic carbocycles. The molecule has 0 spiro atoms. The summed E-state index contributed by atoms with van der Waals surface area (Å²) in [5, 5.41) is 2.94. The SMILES string of the molecule is CNc1ncc(Br)cc1C(=O)N(C)CCC(C)C. The van der Waals surface area contributed by atoms with Gasteiger partial charge in [0.25, 0.3) is 5.91 Å². The van der Waals surface area contributed by atoms with E-state index in [-0.39, 0.29) is 5.91 Å². The number of carbonyl (C=O) groups is 1. The highest BCUT2D eigenvalue weighted by Crippen LogP contribution is 2.19. The van der Waals surface area contributed by atoms with E-state index in [1.54, 1.807) is 24.2 Å². The molecule has 0 unspecified atom stereocenters. The summed E-state index contributed by atoms with van der Waals surface area (Å²) in [6.45, 7) is 5.06. The van der Waals surface area contributed by atoms with E-state index in [0.717, 1.165) is 17.4 Å². The van der Waals surface area contributed by atoms with Gasteiger partial charge in [0, 0.05) is 31.3 Å². The minimum Gasteiger partial charge on any atom is -0.372 e. The number of aromatic nitrogens is 1. The van der Waals surface area contributed by atoms with Crippen molar-refractivity contribution in [2.45, 2.75) is 20.3 Å². The Labute approximate surface area is 117 Å². The molecule has 0 saturated carbocycles. The number of carbonyl (C=O) groups excluding carboxylic acids is 1. The van der Waals surface area contributed by atoms with Gasteiger partial charge < -0.3 is 10.2 Å². The zero-order valence-electron chi connectivity index (χ0n) is 11.3. The van der Waals surface area contributed by atoms with Crippen molar-refractivity contribution in [3.8, 4) is 0 Å². The molecular weight excluding hydrogens is 294 g/mol. The number of pyridine rings is 1.